The van der Waals surface area contributed by atoms with Gasteiger partial charge in [-0.1, -0.05) is 23.7 Å². The quantitative estimate of drug-likeness (QED) is 0.297. The Morgan fingerprint density at radius 3 is 2.73 bits per heavy atom. The van der Waals surface area contributed by atoms with Crippen LogP contribution in [0.2, 0.25) is 5.02 Å². The van der Waals surface area contributed by atoms with E-state index >= 15 is 0 Å². The van der Waals surface area contributed by atoms with Crippen molar-refractivity contribution >= 4 is 22.6 Å². The highest BCUT2D eigenvalue weighted by Gasteiger charge is 2.42. The third kappa shape index (κ3) is 4.99. The molecular formula is C30H31ClN6O3. The minimum Gasteiger partial charge on any atom is -0.443 e. The van der Waals surface area contributed by atoms with Crippen LogP contribution < -0.4 is 9.47 Å². The fourth-order valence-corrected chi connectivity index (χ4v) is 5.72. The van der Waals surface area contributed by atoms with Crippen LogP contribution in [0.4, 0.5) is 0 Å². The van der Waals surface area contributed by atoms with Crippen LogP contribution in [0.5, 0.6) is 11.5 Å². The van der Waals surface area contributed by atoms with Gasteiger partial charge in [-0.3, -0.25) is 9.88 Å². The lowest BCUT2D eigenvalue weighted by atomic mass is 9.88. The van der Waals surface area contributed by atoms with Crippen molar-refractivity contribution in [2.24, 2.45) is 0 Å². The summed E-state index contributed by atoms with van der Waals surface area (Å²) in [5.74, 6) is 1.85. The van der Waals surface area contributed by atoms with Gasteiger partial charge in [-0.15, -0.1) is 0 Å². The second-order valence-corrected chi connectivity index (χ2v) is 11.0. The Morgan fingerprint density at radius 2 is 2.00 bits per heavy atom. The number of piperidine rings is 1. The molecule has 0 spiro atoms. The zero-order chi connectivity index (χ0) is 27.9. The zero-order valence-electron chi connectivity index (χ0n) is 22.8. The average molecular weight is 559 g/mol. The summed E-state index contributed by atoms with van der Waals surface area (Å²) in [4.78, 5) is 16.1. The van der Waals surface area contributed by atoms with Crippen molar-refractivity contribution < 1.29 is 14.2 Å². The molecule has 2 unspecified atom stereocenters. The molecular weight excluding hydrogens is 528 g/mol. The predicted molar refractivity (Wildman–Crippen MR) is 150 cm³/mol. The number of hydrogen-bond acceptors (Lipinski definition) is 8. The number of imidazole rings is 1. The van der Waals surface area contributed by atoms with Crippen molar-refractivity contribution in [3.05, 3.63) is 76.6 Å². The molecule has 1 saturated heterocycles. The molecule has 2 aliphatic rings. The van der Waals surface area contributed by atoms with E-state index in [-0.39, 0.29) is 6.10 Å². The van der Waals surface area contributed by atoms with E-state index in [2.05, 4.69) is 31.6 Å². The zero-order valence-corrected chi connectivity index (χ0v) is 23.6. The summed E-state index contributed by atoms with van der Waals surface area (Å²) < 4.78 is 20.4. The minimum absolute atomic E-state index is 0.0219. The fourth-order valence-electron chi connectivity index (χ4n) is 5.61. The number of benzene rings is 1. The number of likely N-dealkylation sites (tertiary alicyclic amines) is 1. The number of nitriles is 1. The number of fused-ring (bicyclic) bond motifs is 2. The fraction of sp³-hybridized carbons (Fsp3) is 0.400. The summed E-state index contributed by atoms with van der Waals surface area (Å²) in [5, 5.41) is 9.86. The molecule has 0 bridgehead atoms. The lowest BCUT2D eigenvalue weighted by Gasteiger charge is -2.32. The van der Waals surface area contributed by atoms with E-state index in [0.29, 0.717) is 35.4 Å². The monoisotopic (exact) mass is 558 g/mol. The number of pyridine rings is 2. The van der Waals surface area contributed by atoms with E-state index in [1.165, 1.54) is 5.56 Å². The van der Waals surface area contributed by atoms with Crippen LogP contribution >= 0.6 is 11.6 Å². The van der Waals surface area contributed by atoms with Gasteiger partial charge in [0.1, 0.15) is 23.3 Å². The molecule has 2 atom stereocenters. The normalized spacial score (nSPS) is 20.1. The lowest BCUT2D eigenvalue weighted by Crippen LogP contribution is -2.34. The van der Waals surface area contributed by atoms with E-state index < -0.39 is 5.79 Å². The van der Waals surface area contributed by atoms with Gasteiger partial charge in [0, 0.05) is 31.9 Å². The molecule has 10 heteroatoms. The van der Waals surface area contributed by atoms with Gasteiger partial charge in [0.2, 0.25) is 0 Å². The standard InChI is InChI=1S/C30H31ClN6O3/c1-19(38-3)17-37-25-16-33-22(14-32)13-24(25)35-28(37)18-36-11-9-20(10-12-36)23-5-4-6-26-29(23)40-30(2,39-26)27-8-7-21(31)15-34-27/h4-8,13,15-16,19-20H,9-12,17-18H2,1-3H3. The number of para-hydroxylation sites is 1. The number of halogens is 1. The average Bonchev–Trinajstić information content (AvgIpc) is 3.50. The highest BCUT2D eigenvalue weighted by Crippen LogP contribution is 2.49. The van der Waals surface area contributed by atoms with E-state index in [0.717, 1.165) is 54.3 Å². The van der Waals surface area contributed by atoms with Gasteiger partial charge in [-0.25, -0.2) is 9.97 Å². The van der Waals surface area contributed by atoms with Gasteiger partial charge < -0.3 is 18.8 Å². The van der Waals surface area contributed by atoms with E-state index in [1.54, 1.807) is 31.6 Å². The van der Waals surface area contributed by atoms with Gasteiger partial charge in [0.15, 0.2) is 11.5 Å². The Labute approximate surface area is 238 Å². The van der Waals surface area contributed by atoms with E-state index in [9.17, 15) is 5.26 Å². The molecule has 1 fully saturated rings. The van der Waals surface area contributed by atoms with Crippen LogP contribution in [0.3, 0.4) is 0 Å². The van der Waals surface area contributed by atoms with Crippen molar-refractivity contribution in [1.29, 1.82) is 5.26 Å². The number of aromatic nitrogens is 4. The molecule has 0 N–H and O–H groups in total. The number of ether oxygens (including phenoxy) is 3. The maximum Gasteiger partial charge on any atom is 0.292 e. The van der Waals surface area contributed by atoms with Crippen LogP contribution in [0.15, 0.2) is 48.8 Å². The largest absolute Gasteiger partial charge is 0.443 e. The van der Waals surface area contributed by atoms with Crippen LogP contribution in [0.25, 0.3) is 11.0 Å². The van der Waals surface area contributed by atoms with Crippen molar-refractivity contribution in [1.82, 2.24) is 24.4 Å². The first kappa shape index (κ1) is 26.5. The minimum atomic E-state index is -0.998. The van der Waals surface area contributed by atoms with Crippen molar-refractivity contribution in [3.63, 3.8) is 0 Å². The molecule has 206 valence electrons. The Hall–Kier alpha value is -3.71. The smallest absolute Gasteiger partial charge is 0.292 e. The first-order valence-electron chi connectivity index (χ1n) is 13.5. The predicted octanol–water partition coefficient (Wildman–Crippen LogP) is 5.41. The lowest BCUT2D eigenvalue weighted by molar-refractivity contribution is -0.0722. The van der Waals surface area contributed by atoms with Gasteiger partial charge in [-0.05, 0) is 57.0 Å². The maximum atomic E-state index is 9.29. The van der Waals surface area contributed by atoms with Crippen LogP contribution in [0, 0.1) is 11.3 Å². The Kier molecular flexibility index (Phi) is 7.09. The Balaban J connectivity index is 1.18. The first-order chi connectivity index (χ1) is 19.4. The number of hydrogen-bond donors (Lipinski definition) is 0. The number of rotatable bonds is 7. The summed E-state index contributed by atoms with van der Waals surface area (Å²) in [6.45, 7) is 7.16. The molecule has 40 heavy (non-hydrogen) atoms. The first-order valence-corrected chi connectivity index (χ1v) is 13.9. The van der Waals surface area contributed by atoms with Crippen LogP contribution in [-0.4, -0.2) is 50.7 Å². The Morgan fingerprint density at radius 1 is 1.18 bits per heavy atom. The molecule has 1 aromatic carbocycles. The molecule has 0 aliphatic carbocycles. The highest BCUT2D eigenvalue weighted by atomic mass is 35.5. The van der Waals surface area contributed by atoms with Crippen LogP contribution in [-0.2, 0) is 23.6 Å². The van der Waals surface area contributed by atoms with Gasteiger partial charge in [0.25, 0.3) is 5.79 Å². The van der Waals surface area contributed by atoms with Crippen molar-refractivity contribution in [2.75, 3.05) is 20.2 Å². The second-order valence-electron chi connectivity index (χ2n) is 10.6. The third-order valence-electron chi connectivity index (χ3n) is 7.87. The van der Waals surface area contributed by atoms with E-state index in [4.69, 9.17) is 30.8 Å². The second kappa shape index (κ2) is 10.7. The SMILES string of the molecule is COC(C)Cn1c(CN2CCC(c3cccc4c3OC(C)(c3ccc(Cl)cn3)O4)CC2)nc2cc(C#N)ncc21. The van der Waals surface area contributed by atoms with Gasteiger partial charge in [-0.2, -0.15) is 5.26 Å². The van der Waals surface area contributed by atoms with Gasteiger partial charge >= 0.3 is 0 Å². The third-order valence-corrected chi connectivity index (χ3v) is 8.09. The summed E-state index contributed by atoms with van der Waals surface area (Å²) in [7, 11) is 1.71. The molecule has 0 amide bonds. The molecule has 2 aliphatic heterocycles. The van der Waals surface area contributed by atoms with Crippen LogP contribution in [0.1, 0.15) is 55.4 Å². The highest BCUT2D eigenvalue weighted by molar-refractivity contribution is 6.30. The topological polar surface area (TPSA) is 98.3 Å². The molecule has 4 aromatic rings. The van der Waals surface area contributed by atoms with Crippen molar-refractivity contribution in [2.45, 2.75) is 57.6 Å². The maximum absolute atomic E-state index is 9.29. The molecule has 3 aromatic heterocycles. The molecule has 0 radical (unpaired) electrons. The Bertz CT molecular complexity index is 1580. The van der Waals surface area contributed by atoms with E-state index in [1.807, 2.05) is 32.0 Å². The number of methoxy groups -OCH3 is 1. The van der Waals surface area contributed by atoms with Crippen molar-refractivity contribution in [3.8, 4) is 17.6 Å². The summed E-state index contributed by atoms with van der Waals surface area (Å²) in [6.07, 6.45) is 5.35. The molecule has 9 nitrogen and oxygen atoms in total. The summed E-state index contributed by atoms with van der Waals surface area (Å²) >= 11 is 6.04. The molecule has 0 saturated carbocycles. The molecule has 5 heterocycles. The summed E-state index contributed by atoms with van der Waals surface area (Å²) in [6, 6.07) is 13.6. The van der Waals surface area contributed by atoms with Gasteiger partial charge in [0.05, 0.1) is 41.4 Å². The number of nitrogens with zero attached hydrogens (tertiary/aromatic N) is 6. The summed E-state index contributed by atoms with van der Waals surface area (Å²) in [5.41, 5.74) is 3.93. The molecule has 6 rings (SSSR count).